The molecule has 1 aliphatic carbocycles. The Bertz CT molecular complexity index is 1420. The van der Waals surface area contributed by atoms with Crippen molar-refractivity contribution in [2.45, 2.75) is 58.2 Å². The highest BCUT2D eigenvalue weighted by Gasteiger charge is 2.24. The highest BCUT2D eigenvalue weighted by Crippen LogP contribution is 2.28. The molecule has 5 rings (SSSR count). The predicted molar refractivity (Wildman–Crippen MR) is 158 cm³/mol. The van der Waals surface area contributed by atoms with Gasteiger partial charge < -0.3 is 20.3 Å². The molecule has 0 aliphatic heterocycles. The molecule has 2 N–H and O–H groups in total. The van der Waals surface area contributed by atoms with Crippen molar-refractivity contribution in [3.8, 4) is 5.75 Å². The van der Waals surface area contributed by atoms with Crippen LogP contribution >= 0.6 is 0 Å². The molecule has 0 spiro atoms. The van der Waals surface area contributed by atoms with Gasteiger partial charge in [0.05, 0.1) is 5.52 Å². The Morgan fingerprint density at radius 1 is 0.897 bits per heavy atom. The molecule has 0 bridgehead atoms. The minimum atomic E-state index is -0.0271. The Balaban J connectivity index is 1.16. The number of anilines is 2. The fourth-order valence-corrected chi connectivity index (χ4v) is 5.34. The van der Waals surface area contributed by atoms with E-state index in [1.807, 2.05) is 93.5 Å². The van der Waals surface area contributed by atoms with Crippen LogP contribution in [0.15, 0.2) is 66.7 Å². The highest BCUT2D eigenvalue weighted by molar-refractivity contribution is 5.95. The monoisotopic (exact) mass is 523 g/mol. The fraction of sp³-hybridized carbons (Fsp3) is 0.344. The van der Waals surface area contributed by atoms with Crippen LogP contribution in [0.25, 0.3) is 10.9 Å². The number of ether oxygens (including phenoxy) is 1. The molecule has 39 heavy (non-hydrogen) atoms. The summed E-state index contributed by atoms with van der Waals surface area (Å²) in [6.07, 6.45) is 3.72. The van der Waals surface area contributed by atoms with Crippen LogP contribution in [-0.4, -0.2) is 42.1 Å². The zero-order chi connectivity index (χ0) is 27.4. The zero-order valence-corrected chi connectivity index (χ0v) is 23.2. The molecule has 0 unspecified atom stereocenters. The van der Waals surface area contributed by atoms with Crippen LogP contribution in [0.5, 0.6) is 5.75 Å². The van der Waals surface area contributed by atoms with Gasteiger partial charge in [-0.1, -0.05) is 42.5 Å². The van der Waals surface area contributed by atoms with Crippen LogP contribution in [0.2, 0.25) is 0 Å². The molecule has 3 aromatic carbocycles. The Labute approximate surface area is 230 Å². The maximum atomic E-state index is 13.1. The molecule has 1 fully saturated rings. The second-order valence-electron chi connectivity index (χ2n) is 10.7. The lowest BCUT2D eigenvalue weighted by Gasteiger charge is -2.30. The Kier molecular flexibility index (Phi) is 7.96. The van der Waals surface area contributed by atoms with E-state index in [2.05, 4.69) is 16.7 Å². The Morgan fingerprint density at radius 3 is 2.23 bits per heavy atom. The minimum absolute atomic E-state index is 0.0271. The lowest BCUT2D eigenvalue weighted by Crippen LogP contribution is -2.40. The fourth-order valence-electron chi connectivity index (χ4n) is 5.34. The molecule has 0 saturated heterocycles. The summed E-state index contributed by atoms with van der Waals surface area (Å²) in [4.78, 5) is 24.7. The van der Waals surface area contributed by atoms with Crippen molar-refractivity contribution in [1.82, 2.24) is 15.3 Å². The molecule has 1 aromatic heterocycles. The third-order valence-corrected chi connectivity index (χ3v) is 7.35. The van der Waals surface area contributed by atoms with E-state index >= 15 is 0 Å². The van der Waals surface area contributed by atoms with Gasteiger partial charge in [-0.2, -0.15) is 4.98 Å². The second kappa shape index (κ2) is 11.7. The van der Waals surface area contributed by atoms with E-state index in [1.165, 1.54) is 0 Å². The van der Waals surface area contributed by atoms with Crippen molar-refractivity contribution in [2.75, 3.05) is 24.3 Å². The topological polar surface area (TPSA) is 79.4 Å². The molecule has 7 heteroatoms. The summed E-state index contributed by atoms with van der Waals surface area (Å²) in [5, 5.41) is 7.84. The average Bonchev–Trinajstić information content (AvgIpc) is 2.93. The summed E-state index contributed by atoms with van der Waals surface area (Å²) >= 11 is 0. The lowest BCUT2D eigenvalue weighted by atomic mass is 9.91. The van der Waals surface area contributed by atoms with Gasteiger partial charge in [0.15, 0.2) is 0 Å². The number of carbonyl (C=O) groups is 1. The number of amides is 1. The van der Waals surface area contributed by atoms with E-state index in [-0.39, 0.29) is 18.0 Å². The van der Waals surface area contributed by atoms with Gasteiger partial charge in [0.2, 0.25) is 5.95 Å². The first kappa shape index (κ1) is 26.5. The third kappa shape index (κ3) is 6.30. The molecule has 1 amide bonds. The first-order chi connectivity index (χ1) is 18.9. The maximum absolute atomic E-state index is 13.1. The van der Waals surface area contributed by atoms with Gasteiger partial charge >= 0.3 is 0 Å². The number of nitrogens with one attached hydrogen (secondary N) is 2. The van der Waals surface area contributed by atoms with E-state index in [4.69, 9.17) is 14.7 Å². The molecule has 0 atom stereocenters. The number of fused-ring (bicyclic) bond motifs is 1. The smallest absolute Gasteiger partial charge is 0.251 e. The zero-order valence-electron chi connectivity index (χ0n) is 23.2. The first-order valence-electron chi connectivity index (χ1n) is 13.7. The van der Waals surface area contributed by atoms with Crippen LogP contribution in [0.3, 0.4) is 0 Å². The number of aromatic nitrogens is 2. The van der Waals surface area contributed by atoms with Crippen LogP contribution in [0.4, 0.5) is 11.8 Å². The molecule has 4 aromatic rings. The van der Waals surface area contributed by atoms with Gasteiger partial charge in [-0.25, -0.2) is 4.98 Å². The van der Waals surface area contributed by atoms with Gasteiger partial charge in [0, 0.05) is 37.1 Å². The molecular formula is C32H37N5O2. The molecule has 1 saturated carbocycles. The summed E-state index contributed by atoms with van der Waals surface area (Å²) in [5.41, 5.74) is 4.67. The van der Waals surface area contributed by atoms with Gasteiger partial charge in [-0.15, -0.1) is 0 Å². The Hall–Kier alpha value is -4.13. The van der Waals surface area contributed by atoms with Crippen molar-refractivity contribution in [3.05, 3.63) is 89.0 Å². The van der Waals surface area contributed by atoms with Gasteiger partial charge in [-0.3, -0.25) is 4.79 Å². The van der Waals surface area contributed by atoms with Gasteiger partial charge in [0.25, 0.3) is 5.91 Å². The van der Waals surface area contributed by atoms with Crippen molar-refractivity contribution in [2.24, 2.45) is 0 Å². The van der Waals surface area contributed by atoms with Crippen LogP contribution in [0.1, 0.15) is 52.7 Å². The summed E-state index contributed by atoms with van der Waals surface area (Å²) in [5.74, 6) is 2.38. The summed E-state index contributed by atoms with van der Waals surface area (Å²) < 4.78 is 6.09. The number of nitrogens with zero attached hydrogens (tertiary/aromatic N) is 3. The quantitative estimate of drug-likeness (QED) is 0.293. The van der Waals surface area contributed by atoms with E-state index in [1.54, 1.807) is 0 Å². The lowest BCUT2D eigenvalue weighted by molar-refractivity contribution is 0.0926. The van der Waals surface area contributed by atoms with Crippen molar-refractivity contribution < 1.29 is 9.53 Å². The summed E-state index contributed by atoms with van der Waals surface area (Å²) in [6.45, 7) is 4.50. The number of hydrogen-bond donors (Lipinski definition) is 2. The van der Waals surface area contributed by atoms with Crippen molar-refractivity contribution in [3.63, 3.8) is 0 Å². The highest BCUT2D eigenvalue weighted by atomic mass is 16.5. The molecule has 1 heterocycles. The number of hydrogen-bond acceptors (Lipinski definition) is 6. The van der Waals surface area contributed by atoms with Crippen LogP contribution < -0.4 is 20.3 Å². The first-order valence-corrected chi connectivity index (χ1v) is 13.7. The van der Waals surface area contributed by atoms with E-state index in [0.717, 1.165) is 64.8 Å². The second-order valence-corrected chi connectivity index (χ2v) is 10.7. The van der Waals surface area contributed by atoms with Gasteiger partial charge in [-0.05, 0) is 80.5 Å². The maximum Gasteiger partial charge on any atom is 0.251 e. The number of aryl methyl sites for hydroxylation is 2. The van der Waals surface area contributed by atoms with E-state index in [0.29, 0.717) is 18.1 Å². The normalized spacial score (nSPS) is 17.0. The van der Waals surface area contributed by atoms with E-state index < -0.39 is 0 Å². The summed E-state index contributed by atoms with van der Waals surface area (Å²) in [6, 6.07) is 22.5. The molecule has 0 radical (unpaired) electrons. The summed E-state index contributed by atoms with van der Waals surface area (Å²) in [7, 11) is 4.00. The standard InChI is InChI=1S/C32H37N5O2/c1-21-18-24(19-22(2)29(21)39-20-23-10-6-5-7-11-23)31(38)33-25-14-16-26(17-15-25)34-32-35-28-13-9-8-12-27(28)30(36-32)37(3)4/h5-13,18-19,25-26H,14-17,20H2,1-4H3,(H,33,38)(H,34,35,36). The van der Waals surface area contributed by atoms with Crippen molar-refractivity contribution >= 4 is 28.6 Å². The van der Waals surface area contributed by atoms with Gasteiger partial charge in [0.1, 0.15) is 18.2 Å². The van der Waals surface area contributed by atoms with Crippen LogP contribution in [-0.2, 0) is 6.61 Å². The Morgan fingerprint density at radius 2 is 1.54 bits per heavy atom. The van der Waals surface area contributed by atoms with E-state index in [9.17, 15) is 4.79 Å². The number of benzene rings is 3. The largest absolute Gasteiger partial charge is 0.488 e. The number of rotatable bonds is 8. The molecular weight excluding hydrogens is 486 g/mol. The third-order valence-electron chi connectivity index (χ3n) is 7.35. The molecule has 202 valence electrons. The molecule has 7 nitrogen and oxygen atoms in total. The van der Waals surface area contributed by atoms with Crippen LogP contribution in [0, 0.1) is 13.8 Å². The minimum Gasteiger partial charge on any atom is -0.488 e. The SMILES string of the molecule is Cc1cc(C(=O)NC2CCC(Nc3nc(N(C)C)c4ccccc4n3)CC2)cc(C)c1OCc1ccccc1. The predicted octanol–water partition coefficient (Wildman–Crippen LogP) is 6.04. The van der Waals surface area contributed by atoms with Crippen molar-refractivity contribution in [1.29, 1.82) is 0 Å². The molecule has 1 aliphatic rings. The average molecular weight is 524 g/mol. The number of para-hydroxylation sites is 1. The number of carbonyl (C=O) groups excluding carboxylic acids is 1.